The molecule has 0 N–H and O–H groups in total. The number of hydrogen-bond acceptors (Lipinski definition) is 7. The zero-order valence-electron chi connectivity index (χ0n) is 14.1. The number of pyridine rings is 1. The third-order valence-electron chi connectivity index (χ3n) is 4.26. The molecule has 8 nitrogen and oxygen atoms in total. The van der Waals surface area contributed by atoms with Crippen LogP contribution in [0.4, 0.5) is 0 Å². The second kappa shape index (κ2) is 7.49. The summed E-state index contributed by atoms with van der Waals surface area (Å²) in [6.07, 6.45) is 8.04. The molecule has 1 unspecified atom stereocenters. The zero-order chi connectivity index (χ0) is 17.8. The third-order valence-corrected chi connectivity index (χ3v) is 4.26. The number of furan rings is 1. The van der Waals surface area contributed by atoms with E-state index in [4.69, 9.17) is 13.7 Å². The fraction of sp³-hybridized carbons (Fsp3) is 0.333. The van der Waals surface area contributed by atoms with E-state index in [1.807, 2.05) is 12.1 Å². The fourth-order valence-electron chi connectivity index (χ4n) is 2.94. The van der Waals surface area contributed by atoms with Crippen LogP contribution in [0.1, 0.15) is 29.0 Å². The van der Waals surface area contributed by atoms with Crippen LogP contribution in [-0.4, -0.2) is 45.1 Å². The van der Waals surface area contributed by atoms with Crippen molar-refractivity contribution >= 4 is 5.91 Å². The Labute approximate surface area is 149 Å². The molecule has 134 valence electrons. The lowest BCUT2D eigenvalue weighted by molar-refractivity contribution is -0.00962. The maximum absolute atomic E-state index is 12.4. The van der Waals surface area contributed by atoms with E-state index in [1.54, 1.807) is 23.4 Å². The van der Waals surface area contributed by atoms with Crippen LogP contribution in [0.2, 0.25) is 0 Å². The van der Waals surface area contributed by atoms with Crippen molar-refractivity contribution in [3.8, 4) is 11.5 Å². The van der Waals surface area contributed by atoms with Crippen molar-refractivity contribution in [1.29, 1.82) is 0 Å². The average molecular weight is 354 g/mol. The van der Waals surface area contributed by atoms with Crippen LogP contribution in [0.15, 0.2) is 52.1 Å². The second-order valence-electron chi connectivity index (χ2n) is 6.10. The lowest BCUT2D eigenvalue weighted by Crippen LogP contribution is -2.43. The predicted octanol–water partition coefficient (Wildman–Crippen LogP) is 2.55. The van der Waals surface area contributed by atoms with Crippen molar-refractivity contribution in [2.75, 3.05) is 13.1 Å². The molecule has 3 aromatic rings. The van der Waals surface area contributed by atoms with Gasteiger partial charge in [0.15, 0.2) is 5.82 Å². The fourth-order valence-corrected chi connectivity index (χ4v) is 2.94. The van der Waals surface area contributed by atoms with E-state index in [9.17, 15) is 4.79 Å². The van der Waals surface area contributed by atoms with Crippen LogP contribution in [0.25, 0.3) is 11.5 Å². The molecule has 0 spiro atoms. The minimum absolute atomic E-state index is 0.0366. The van der Waals surface area contributed by atoms with Gasteiger partial charge in [-0.15, -0.1) is 0 Å². The Bertz CT molecular complexity index is 847. The van der Waals surface area contributed by atoms with E-state index in [0.29, 0.717) is 23.8 Å². The third kappa shape index (κ3) is 3.65. The molecule has 0 radical (unpaired) electrons. The SMILES string of the molecule is O=C(c1ccoc1)N1CCCC(OCc2noc(-c3cccnc3)n2)C1. The molecule has 0 aliphatic carbocycles. The molecule has 4 heterocycles. The highest BCUT2D eigenvalue weighted by molar-refractivity contribution is 5.93. The molecule has 1 fully saturated rings. The van der Waals surface area contributed by atoms with Gasteiger partial charge in [-0.05, 0) is 31.0 Å². The van der Waals surface area contributed by atoms with Gasteiger partial charge < -0.3 is 18.6 Å². The first kappa shape index (κ1) is 16.5. The van der Waals surface area contributed by atoms with Crippen LogP contribution in [0, 0.1) is 0 Å². The van der Waals surface area contributed by atoms with Crippen LogP contribution < -0.4 is 0 Å². The maximum Gasteiger partial charge on any atom is 0.259 e. The number of likely N-dealkylation sites (tertiary alicyclic amines) is 1. The summed E-state index contributed by atoms with van der Waals surface area (Å²) in [7, 11) is 0. The minimum Gasteiger partial charge on any atom is -0.472 e. The Morgan fingerprint density at radius 1 is 1.38 bits per heavy atom. The topological polar surface area (TPSA) is 94.5 Å². The summed E-state index contributed by atoms with van der Waals surface area (Å²) in [6, 6.07) is 5.33. The van der Waals surface area contributed by atoms with Crippen molar-refractivity contribution in [1.82, 2.24) is 20.0 Å². The normalized spacial score (nSPS) is 17.4. The Hall–Kier alpha value is -3.00. The van der Waals surface area contributed by atoms with Crippen LogP contribution in [-0.2, 0) is 11.3 Å². The summed E-state index contributed by atoms with van der Waals surface area (Å²) >= 11 is 0. The number of piperidine rings is 1. The first-order valence-electron chi connectivity index (χ1n) is 8.45. The van der Waals surface area contributed by atoms with Gasteiger partial charge in [-0.1, -0.05) is 5.16 Å². The highest BCUT2D eigenvalue weighted by Crippen LogP contribution is 2.19. The number of hydrogen-bond donors (Lipinski definition) is 0. The smallest absolute Gasteiger partial charge is 0.259 e. The molecule has 1 amide bonds. The average Bonchev–Trinajstić information content (AvgIpc) is 3.39. The van der Waals surface area contributed by atoms with Gasteiger partial charge in [-0.2, -0.15) is 4.98 Å². The van der Waals surface area contributed by atoms with E-state index in [0.717, 1.165) is 24.9 Å². The van der Waals surface area contributed by atoms with Gasteiger partial charge in [-0.25, -0.2) is 0 Å². The molecule has 26 heavy (non-hydrogen) atoms. The summed E-state index contributed by atoms with van der Waals surface area (Å²) in [6.45, 7) is 1.50. The molecule has 1 aliphatic rings. The first-order valence-corrected chi connectivity index (χ1v) is 8.45. The van der Waals surface area contributed by atoms with Gasteiger partial charge in [0.2, 0.25) is 0 Å². The Balaban J connectivity index is 1.33. The largest absolute Gasteiger partial charge is 0.472 e. The van der Waals surface area contributed by atoms with Crippen molar-refractivity contribution in [3.63, 3.8) is 0 Å². The van der Waals surface area contributed by atoms with Crippen LogP contribution in [0.5, 0.6) is 0 Å². The van der Waals surface area contributed by atoms with E-state index in [1.165, 1.54) is 12.5 Å². The first-order chi connectivity index (χ1) is 12.8. The highest BCUT2D eigenvalue weighted by atomic mass is 16.5. The molecule has 0 aromatic carbocycles. The van der Waals surface area contributed by atoms with Crippen LogP contribution in [0.3, 0.4) is 0 Å². The standard InChI is InChI=1S/C18H18N4O4/c23-18(14-5-8-24-11-14)22-7-2-4-15(10-22)25-12-16-20-17(26-21-16)13-3-1-6-19-9-13/h1,3,5-6,8-9,11,15H,2,4,7,10,12H2. The van der Waals surface area contributed by atoms with Gasteiger partial charge >= 0.3 is 0 Å². The molecule has 0 saturated carbocycles. The van der Waals surface area contributed by atoms with Crippen molar-refractivity contribution in [3.05, 3.63) is 54.5 Å². The predicted molar refractivity (Wildman–Crippen MR) is 90.0 cm³/mol. The Morgan fingerprint density at radius 2 is 2.35 bits per heavy atom. The number of aromatic nitrogens is 3. The molecular weight excluding hydrogens is 336 g/mol. The van der Waals surface area contributed by atoms with E-state index >= 15 is 0 Å². The van der Waals surface area contributed by atoms with E-state index in [2.05, 4.69) is 15.1 Å². The second-order valence-corrected chi connectivity index (χ2v) is 6.10. The van der Waals surface area contributed by atoms with E-state index < -0.39 is 0 Å². The van der Waals surface area contributed by atoms with Gasteiger partial charge in [0.1, 0.15) is 12.9 Å². The number of rotatable bonds is 5. The Kier molecular flexibility index (Phi) is 4.74. The summed E-state index contributed by atoms with van der Waals surface area (Å²) in [5.74, 6) is 0.852. The number of amides is 1. The van der Waals surface area contributed by atoms with Gasteiger partial charge in [0, 0.05) is 25.5 Å². The number of nitrogens with zero attached hydrogens (tertiary/aromatic N) is 4. The number of carbonyl (C=O) groups is 1. The molecule has 8 heteroatoms. The molecule has 4 rings (SSSR count). The summed E-state index contributed by atoms with van der Waals surface area (Å²) in [5.41, 5.74) is 1.32. The molecule has 1 atom stereocenters. The highest BCUT2D eigenvalue weighted by Gasteiger charge is 2.26. The van der Waals surface area contributed by atoms with Gasteiger partial charge in [-0.3, -0.25) is 9.78 Å². The summed E-state index contributed by atoms with van der Waals surface area (Å²) in [5, 5.41) is 3.94. The molecule has 0 bridgehead atoms. The number of carbonyl (C=O) groups excluding carboxylic acids is 1. The molecular formula is C18H18N4O4. The van der Waals surface area contributed by atoms with Crippen molar-refractivity contribution < 1.29 is 18.5 Å². The maximum atomic E-state index is 12.4. The molecule has 1 aliphatic heterocycles. The summed E-state index contributed by atoms with van der Waals surface area (Å²) < 4.78 is 16.1. The minimum atomic E-state index is -0.0556. The monoisotopic (exact) mass is 354 g/mol. The van der Waals surface area contributed by atoms with Crippen LogP contribution >= 0.6 is 0 Å². The van der Waals surface area contributed by atoms with Gasteiger partial charge in [0.05, 0.1) is 23.5 Å². The number of ether oxygens (including phenoxy) is 1. The van der Waals surface area contributed by atoms with E-state index in [-0.39, 0.29) is 18.6 Å². The van der Waals surface area contributed by atoms with Gasteiger partial charge in [0.25, 0.3) is 11.8 Å². The van der Waals surface area contributed by atoms with Crippen molar-refractivity contribution in [2.45, 2.75) is 25.6 Å². The summed E-state index contributed by atoms with van der Waals surface area (Å²) in [4.78, 5) is 22.6. The molecule has 3 aromatic heterocycles. The lowest BCUT2D eigenvalue weighted by atomic mass is 10.1. The zero-order valence-corrected chi connectivity index (χ0v) is 14.1. The lowest BCUT2D eigenvalue weighted by Gasteiger charge is -2.32. The molecule has 1 saturated heterocycles. The Morgan fingerprint density at radius 3 is 3.15 bits per heavy atom. The van der Waals surface area contributed by atoms with Crippen molar-refractivity contribution in [2.24, 2.45) is 0 Å². The quantitative estimate of drug-likeness (QED) is 0.695.